The van der Waals surface area contributed by atoms with Crippen molar-refractivity contribution in [1.82, 2.24) is 4.57 Å². The molecule has 3 rings (SSSR count). The molecular formula is C17H25NO3S2. The molecule has 1 aromatic heterocycles. The zero-order valence-electron chi connectivity index (χ0n) is 14.3. The van der Waals surface area contributed by atoms with Crippen molar-refractivity contribution in [2.45, 2.75) is 69.2 Å². The van der Waals surface area contributed by atoms with E-state index in [2.05, 4.69) is 20.8 Å². The summed E-state index contributed by atoms with van der Waals surface area (Å²) >= 11 is 3.12. The van der Waals surface area contributed by atoms with Crippen LogP contribution >= 0.6 is 23.1 Å². The van der Waals surface area contributed by atoms with E-state index in [1.165, 1.54) is 29.1 Å². The number of hydrogen-bond donors (Lipinski definition) is 0. The Morgan fingerprint density at radius 3 is 2.83 bits per heavy atom. The molecule has 1 aliphatic carbocycles. The highest BCUT2D eigenvalue weighted by Gasteiger charge is 2.47. The third kappa shape index (κ3) is 3.12. The smallest absolute Gasteiger partial charge is 0.326 e. The SMILES string of the molecule is CCOC(=O)Cn1c2c(sc1=O)[C@@H]1C[C@H](C)CC[C@H]1C(C)(C)S2. The van der Waals surface area contributed by atoms with Crippen LogP contribution in [0.2, 0.25) is 0 Å². The van der Waals surface area contributed by atoms with E-state index in [0.29, 0.717) is 24.4 Å². The quantitative estimate of drug-likeness (QED) is 0.772. The molecule has 0 unspecified atom stereocenters. The monoisotopic (exact) mass is 355 g/mol. The summed E-state index contributed by atoms with van der Waals surface area (Å²) < 4.78 is 6.77. The highest BCUT2D eigenvalue weighted by molar-refractivity contribution is 8.00. The van der Waals surface area contributed by atoms with Crippen molar-refractivity contribution in [3.8, 4) is 0 Å². The Morgan fingerprint density at radius 2 is 2.13 bits per heavy atom. The van der Waals surface area contributed by atoms with Crippen molar-refractivity contribution in [2.75, 3.05) is 6.61 Å². The number of hydrogen-bond acceptors (Lipinski definition) is 5. The van der Waals surface area contributed by atoms with Gasteiger partial charge in [0.2, 0.25) is 0 Å². The van der Waals surface area contributed by atoms with Crippen molar-refractivity contribution >= 4 is 29.1 Å². The maximum absolute atomic E-state index is 12.5. The number of carbonyl (C=O) groups is 1. The minimum absolute atomic E-state index is 0.0229. The first kappa shape index (κ1) is 17.1. The molecule has 0 spiro atoms. The Kier molecular flexibility index (Phi) is 4.67. The van der Waals surface area contributed by atoms with E-state index in [4.69, 9.17) is 4.74 Å². The first-order valence-corrected chi connectivity index (χ1v) is 10.0. The van der Waals surface area contributed by atoms with Gasteiger partial charge in [0.05, 0.1) is 11.6 Å². The second-order valence-corrected chi connectivity index (χ2v) is 9.90. The van der Waals surface area contributed by atoms with Gasteiger partial charge in [0.1, 0.15) is 6.54 Å². The third-order valence-electron chi connectivity index (χ3n) is 5.17. The normalized spacial score (nSPS) is 28.8. The van der Waals surface area contributed by atoms with Crippen LogP contribution < -0.4 is 4.87 Å². The van der Waals surface area contributed by atoms with Crippen molar-refractivity contribution in [3.63, 3.8) is 0 Å². The first-order chi connectivity index (χ1) is 10.8. The molecule has 2 heterocycles. The van der Waals surface area contributed by atoms with Gasteiger partial charge in [0, 0.05) is 15.5 Å². The van der Waals surface area contributed by atoms with Crippen LogP contribution in [0.15, 0.2) is 9.82 Å². The number of ether oxygens (including phenoxy) is 1. The summed E-state index contributed by atoms with van der Waals surface area (Å²) in [6, 6.07) is 0. The molecule has 1 aromatic rings. The molecule has 3 atom stereocenters. The van der Waals surface area contributed by atoms with Gasteiger partial charge in [-0.25, -0.2) is 0 Å². The van der Waals surface area contributed by atoms with E-state index in [-0.39, 0.29) is 22.1 Å². The van der Waals surface area contributed by atoms with E-state index in [0.717, 1.165) is 11.4 Å². The Bertz CT molecular complexity index is 661. The lowest BCUT2D eigenvalue weighted by Gasteiger charge is -2.47. The molecule has 128 valence electrons. The van der Waals surface area contributed by atoms with Gasteiger partial charge in [-0.1, -0.05) is 38.5 Å². The van der Waals surface area contributed by atoms with Crippen LogP contribution in [0.25, 0.3) is 0 Å². The molecule has 0 amide bonds. The molecule has 1 saturated carbocycles. The summed E-state index contributed by atoms with van der Waals surface area (Å²) in [5, 5.41) is 1.01. The van der Waals surface area contributed by atoms with Gasteiger partial charge in [-0.2, -0.15) is 0 Å². The predicted octanol–water partition coefficient (Wildman–Crippen LogP) is 3.88. The van der Waals surface area contributed by atoms with Crippen LogP contribution in [0.4, 0.5) is 0 Å². The number of fused-ring (bicyclic) bond motifs is 3. The Labute approximate surface area is 145 Å². The lowest BCUT2D eigenvalue weighted by Crippen LogP contribution is -2.39. The van der Waals surface area contributed by atoms with E-state index < -0.39 is 0 Å². The largest absolute Gasteiger partial charge is 0.465 e. The third-order valence-corrected chi connectivity index (χ3v) is 7.87. The van der Waals surface area contributed by atoms with Crippen LogP contribution in [0.5, 0.6) is 0 Å². The van der Waals surface area contributed by atoms with E-state index >= 15 is 0 Å². The second kappa shape index (κ2) is 6.28. The molecule has 0 radical (unpaired) electrons. The van der Waals surface area contributed by atoms with Gasteiger partial charge in [-0.15, -0.1) is 11.8 Å². The highest BCUT2D eigenvalue weighted by Crippen LogP contribution is 2.58. The molecular weight excluding hydrogens is 330 g/mol. The number of esters is 1. The lowest BCUT2D eigenvalue weighted by molar-refractivity contribution is -0.144. The summed E-state index contributed by atoms with van der Waals surface area (Å²) in [6.07, 6.45) is 3.66. The number of thiazole rings is 1. The maximum atomic E-state index is 12.5. The number of aromatic nitrogens is 1. The van der Waals surface area contributed by atoms with Crippen molar-refractivity contribution in [1.29, 1.82) is 0 Å². The topological polar surface area (TPSA) is 48.3 Å². The van der Waals surface area contributed by atoms with Crippen LogP contribution in [-0.2, 0) is 16.1 Å². The molecule has 1 fully saturated rings. The van der Waals surface area contributed by atoms with Crippen molar-refractivity contribution in [2.24, 2.45) is 11.8 Å². The van der Waals surface area contributed by atoms with Crippen LogP contribution in [0.1, 0.15) is 57.8 Å². The molecule has 23 heavy (non-hydrogen) atoms. The van der Waals surface area contributed by atoms with E-state index in [1.807, 2.05) is 0 Å². The molecule has 1 aliphatic heterocycles. The van der Waals surface area contributed by atoms with Gasteiger partial charge < -0.3 is 4.74 Å². The molecule has 4 nitrogen and oxygen atoms in total. The Hall–Kier alpha value is -0.750. The predicted molar refractivity (Wildman–Crippen MR) is 94.4 cm³/mol. The molecule has 0 aromatic carbocycles. The van der Waals surface area contributed by atoms with Gasteiger partial charge in [0.25, 0.3) is 0 Å². The van der Waals surface area contributed by atoms with Crippen LogP contribution in [0, 0.1) is 11.8 Å². The lowest BCUT2D eigenvalue weighted by atomic mass is 9.69. The minimum atomic E-state index is -0.326. The van der Waals surface area contributed by atoms with E-state index in [1.54, 1.807) is 23.3 Å². The fourth-order valence-electron chi connectivity index (χ4n) is 4.05. The second-order valence-electron chi connectivity index (χ2n) is 7.27. The number of nitrogens with zero attached hydrogens (tertiary/aromatic N) is 1. The zero-order valence-corrected chi connectivity index (χ0v) is 15.9. The van der Waals surface area contributed by atoms with Crippen LogP contribution in [0.3, 0.4) is 0 Å². The van der Waals surface area contributed by atoms with Gasteiger partial charge in [-0.05, 0) is 31.6 Å². The molecule has 0 bridgehead atoms. The zero-order chi connectivity index (χ0) is 16.8. The van der Waals surface area contributed by atoms with Crippen molar-refractivity contribution in [3.05, 3.63) is 14.5 Å². The number of thioether (sulfide) groups is 1. The molecule has 0 N–H and O–H groups in total. The molecule has 6 heteroatoms. The van der Waals surface area contributed by atoms with Crippen molar-refractivity contribution < 1.29 is 9.53 Å². The summed E-state index contributed by atoms with van der Waals surface area (Å²) in [4.78, 5) is 25.5. The number of carbonyl (C=O) groups excluding carboxylic acids is 1. The summed E-state index contributed by atoms with van der Waals surface area (Å²) in [6.45, 7) is 9.05. The van der Waals surface area contributed by atoms with Gasteiger partial charge >= 0.3 is 10.8 Å². The average molecular weight is 356 g/mol. The Morgan fingerprint density at radius 1 is 1.39 bits per heavy atom. The Balaban J connectivity index is 2.00. The molecule has 0 saturated heterocycles. The van der Waals surface area contributed by atoms with Gasteiger partial charge in [0.15, 0.2) is 0 Å². The van der Waals surface area contributed by atoms with E-state index in [9.17, 15) is 9.59 Å². The fraction of sp³-hybridized carbons (Fsp3) is 0.765. The standard InChI is InChI=1S/C17H25NO3S2/c1-5-21-13(19)9-18-15-14(22-16(18)20)11-8-10(2)6-7-12(11)17(3,4)23-15/h10-12H,5-9H2,1-4H3/t10-,11-,12-/m1/s1. The summed E-state index contributed by atoms with van der Waals surface area (Å²) in [5.74, 6) is 1.46. The minimum Gasteiger partial charge on any atom is -0.465 e. The highest BCUT2D eigenvalue weighted by atomic mass is 32.2. The summed E-state index contributed by atoms with van der Waals surface area (Å²) in [7, 11) is 0. The first-order valence-electron chi connectivity index (χ1n) is 8.41. The average Bonchev–Trinajstić information content (AvgIpc) is 2.75. The molecule has 2 aliphatic rings. The maximum Gasteiger partial charge on any atom is 0.326 e. The summed E-state index contributed by atoms with van der Waals surface area (Å²) in [5.41, 5.74) is 0. The number of rotatable bonds is 3. The van der Waals surface area contributed by atoms with Gasteiger partial charge in [-0.3, -0.25) is 14.2 Å². The fourth-order valence-corrected chi connectivity index (χ4v) is 6.86. The van der Waals surface area contributed by atoms with Crippen LogP contribution in [-0.4, -0.2) is 21.9 Å².